The van der Waals surface area contributed by atoms with Crippen molar-refractivity contribution in [2.45, 2.75) is 30.7 Å². The van der Waals surface area contributed by atoms with E-state index in [4.69, 9.17) is 16.3 Å². The molecule has 0 aliphatic carbocycles. The summed E-state index contributed by atoms with van der Waals surface area (Å²) in [5.41, 5.74) is -1.95. The number of carbonyl (C=O) groups excluding carboxylic acids is 2. The highest BCUT2D eigenvalue weighted by Gasteiger charge is 2.39. The summed E-state index contributed by atoms with van der Waals surface area (Å²) in [7, 11) is 0. The molecule has 4 rings (SSSR count). The number of rotatable bonds is 10. The Bertz CT molecular complexity index is 1300. The Kier molecular flexibility index (Phi) is 8.85. The number of benzene rings is 3. The van der Waals surface area contributed by atoms with Crippen molar-refractivity contribution in [1.82, 2.24) is 4.90 Å². The molecule has 1 fully saturated rings. The molecule has 2 amide bonds. The van der Waals surface area contributed by atoms with Crippen LogP contribution in [0.25, 0.3) is 0 Å². The third-order valence-corrected chi connectivity index (χ3v) is 6.55. The van der Waals surface area contributed by atoms with Crippen molar-refractivity contribution in [2.75, 3.05) is 11.9 Å². The monoisotopic (exact) mass is 559 g/mol. The largest absolute Gasteiger partial charge is 0.494 e. The summed E-state index contributed by atoms with van der Waals surface area (Å²) in [4.78, 5) is 32.2. The Morgan fingerprint density at radius 2 is 1.82 bits per heavy atom. The van der Waals surface area contributed by atoms with Gasteiger partial charge in [-0.25, -0.2) is 4.99 Å². The minimum absolute atomic E-state index is 0.0652. The molecule has 0 radical (unpaired) electrons. The molecule has 1 N–H and O–H groups in total. The lowest BCUT2D eigenvalue weighted by Gasteiger charge is -2.17. The van der Waals surface area contributed by atoms with Gasteiger partial charge >= 0.3 is 5.57 Å². The molecule has 1 saturated heterocycles. The maximum atomic E-state index is 13.4. The Labute approximate surface area is 227 Å². The van der Waals surface area contributed by atoms with E-state index in [1.165, 1.54) is 40.9 Å². The molecular formula is C27H24ClF2N3O4S. The van der Waals surface area contributed by atoms with Crippen molar-refractivity contribution in [3.63, 3.8) is 0 Å². The molecule has 7 nitrogen and oxygen atoms in total. The maximum absolute atomic E-state index is 13.4. The molecule has 1 heterocycles. The summed E-state index contributed by atoms with van der Waals surface area (Å²) in [6, 6.07) is 22.0. The number of alkyl halides is 3. The highest BCUT2D eigenvalue weighted by Crippen LogP contribution is 2.34. The second-order valence-electron chi connectivity index (χ2n) is 8.17. The first kappa shape index (κ1) is 27.4. The number of hydrogen-bond acceptors (Lipinski definition) is 6. The van der Waals surface area contributed by atoms with E-state index in [9.17, 15) is 18.4 Å². The van der Waals surface area contributed by atoms with Crippen molar-refractivity contribution < 1.29 is 27.8 Å². The fourth-order valence-corrected chi connectivity index (χ4v) is 4.93. The Balaban J connectivity index is 1.51. The van der Waals surface area contributed by atoms with Gasteiger partial charge < -0.3 is 14.8 Å². The zero-order valence-electron chi connectivity index (χ0n) is 20.3. The molecule has 3 aromatic rings. The predicted molar refractivity (Wildman–Crippen MR) is 144 cm³/mol. The number of amidine groups is 1. The van der Waals surface area contributed by atoms with Crippen LogP contribution in [0, 0.1) is 0 Å². The Hall–Kier alpha value is -3.63. The minimum Gasteiger partial charge on any atom is -0.494 e. The molecular weight excluding hydrogens is 536 g/mol. The Morgan fingerprint density at radius 3 is 2.50 bits per heavy atom. The summed E-state index contributed by atoms with van der Waals surface area (Å²) in [5, 5.41) is 2.52. The van der Waals surface area contributed by atoms with E-state index in [0.29, 0.717) is 28.9 Å². The zero-order valence-corrected chi connectivity index (χ0v) is 21.8. The van der Waals surface area contributed by atoms with Crippen molar-refractivity contribution in [3.05, 3.63) is 84.4 Å². The molecule has 0 bridgehead atoms. The van der Waals surface area contributed by atoms with Crippen molar-refractivity contribution >= 4 is 51.7 Å². The summed E-state index contributed by atoms with van der Waals surface area (Å²) < 4.78 is 35.6. The van der Waals surface area contributed by atoms with Gasteiger partial charge in [-0.2, -0.15) is 0 Å². The molecule has 38 heavy (non-hydrogen) atoms. The molecule has 1 atom stereocenters. The predicted octanol–water partition coefficient (Wildman–Crippen LogP) is 6.41. The van der Waals surface area contributed by atoms with E-state index in [0.717, 1.165) is 5.56 Å². The van der Waals surface area contributed by atoms with E-state index in [1.807, 2.05) is 37.3 Å². The number of nitrogens with zero attached hydrogens (tertiary/aromatic N) is 2. The van der Waals surface area contributed by atoms with E-state index < -0.39 is 10.8 Å². The Morgan fingerprint density at radius 1 is 1.08 bits per heavy atom. The van der Waals surface area contributed by atoms with Gasteiger partial charge in [0.1, 0.15) is 16.7 Å². The van der Waals surface area contributed by atoms with Gasteiger partial charge in [-0.05, 0) is 48.9 Å². The number of halogens is 3. The van der Waals surface area contributed by atoms with Crippen LogP contribution >= 0.6 is 23.4 Å². The van der Waals surface area contributed by atoms with Gasteiger partial charge in [0.25, 0.3) is 0 Å². The smallest absolute Gasteiger partial charge is 0.487 e. The van der Waals surface area contributed by atoms with Crippen LogP contribution in [0.3, 0.4) is 0 Å². The number of hydrogen-bond donors (Lipinski definition) is 1. The molecule has 1 aliphatic rings. The molecule has 0 spiro atoms. The maximum Gasteiger partial charge on any atom is 0.487 e. The molecule has 0 saturated carbocycles. The van der Waals surface area contributed by atoms with Crippen molar-refractivity contribution in [1.29, 1.82) is 0 Å². The van der Waals surface area contributed by atoms with Crippen LogP contribution in [0.4, 0.5) is 20.2 Å². The minimum atomic E-state index is -3.83. The highest BCUT2D eigenvalue weighted by atomic mass is 35.5. The summed E-state index contributed by atoms with van der Waals surface area (Å²) in [6.07, 6.45) is -0.0652. The van der Waals surface area contributed by atoms with Gasteiger partial charge in [-0.1, -0.05) is 48.2 Å². The number of aliphatic imine (C=N–C) groups is 1. The fraction of sp³-hybridized carbons (Fsp3) is 0.222. The third-order valence-electron chi connectivity index (χ3n) is 5.30. The molecule has 11 heteroatoms. The van der Waals surface area contributed by atoms with Gasteiger partial charge in [-0.15, -0.1) is 8.78 Å². The number of thioether (sulfide) groups is 1. The first-order valence-corrected chi connectivity index (χ1v) is 12.9. The third kappa shape index (κ3) is 7.69. The van der Waals surface area contributed by atoms with E-state index in [2.05, 4.69) is 15.0 Å². The molecule has 0 unspecified atom stereocenters. The summed E-state index contributed by atoms with van der Waals surface area (Å²) in [5.74, 6) is -0.0778. The number of amides is 2. The summed E-state index contributed by atoms with van der Waals surface area (Å²) >= 11 is 5.99. The van der Waals surface area contributed by atoms with Crippen LogP contribution < -0.4 is 14.8 Å². The zero-order chi connectivity index (χ0) is 27.1. The van der Waals surface area contributed by atoms with Gasteiger partial charge in [-0.3, -0.25) is 14.5 Å². The number of nitrogens with one attached hydrogen (secondary N) is 1. The number of anilines is 1. The second-order valence-corrected chi connectivity index (χ2v) is 9.78. The van der Waals surface area contributed by atoms with Crippen molar-refractivity contribution in [2.24, 2.45) is 4.99 Å². The van der Waals surface area contributed by atoms with Gasteiger partial charge in [0.15, 0.2) is 5.17 Å². The molecule has 0 aromatic heterocycles. The first-order valence-electron chi connectivity index (χ1n) is 11.7. The van der Waals surface area contributed by atoms with Gasteiger partial charge in [0.2, 0.25) is 11.8 Å². The van der Waals surface area contributed by atoms with E-state index >= 15 is 0 Å². The van der Waals surface area contributed by atoms with Crippen LogP contribution in [0.2, 0.25) is 0 Å². The van der Waals surface area contributed by atoms with Gasteiger partial charge in [0, 0.05) is 29.8 Å². The summed E-state index contributed by atoms with van der Waals surface area (Å²) in [6.45, 7) is 2.63. The normalized spacial score (nSPS) is 16.5. The quantitative estimate of drug-likeness (QED) is 0.290. The second kappa shape index (κ2) is 12.3. The standard InChI is InChI=1S/C27H24ClF2N3O4S/c1-2-36-22-10-6-9-20(15-22)31-24(34)16-23-25(35)33(17-18-7-4-3-5-8-18)26(38-23)32-19-11-13-21(14-12-19)37-27(28,29)30/h3-15,23H,2,16-17H2,1H3,(H,31,34)/t23-/m1/s1. The lowest BCUT2D eigenvalue weighted by molar-refractivity contribution is -0.128. The molecule has 1 aliphatic heterocycles. The average molecular weight is 560 g/mol. The van der Waals surface area contributed by atoms with Crippen LogP contribution in [-0.2, 0) is 16.1 Å². The highest BCUT2D eigenvalue weighted by molar-refractivity contribution is 8.15. The number of carbonyl (C=O) groups is 2. The van der Waals surface area contributed by atoms with Crippen LogP contribution in [0.5, 0.6) is 11.5 Å². The topological polar surface area (TPSA) is 80.2 Å². The van der Waals surface area contributed by atoms with Crippen LogP contribution in [0.15, 0.2) is 83.9 Å². The molecule has 198 valence electrons. The fourth-order valence-electron chi connectivity index (χ4n) is 3.68. The van der Waals surface area contributed by atoms with E-state index in [1.54, 1.807) is 24.3 Å². The van der Waals surface area contributed by atoms with Crippen molar-refractivity contribution in [3.8, 4) is 11.5 Å². The molecule has 3 aromatic carbocycles. The van der Waals surface area contributed by atoms with E-state index in [-0.39, 0.29) is 30.5 Å². The number of ether oxygens (including phenoxy) is 2. The SMILES string of the molecule is CCOc1cccc(NC(=O)C[C@H]2SC(=Nc3ccc(OC(F)(F)Cl)cc3)N(Cc3ccccc3)C2=O)c1. The van der Waals surface area contributed by atoms with Crippen LogP contribution in [0.1, 0.15) is 18.9 Å². The first-order chi connectivity index (χ1) is 18.2. The average Bonchev–Trinajstić information content (AvgIpc) is 3.14. The van der Waals surface area contributed by atoms with Gasteiger partial charge in [0.05, 0.1) is 18.8 Å². The van der Waals surface area contributed by atoms with Crippen LogP contribution in [-0.4, -0.2) is 39.3 Å². The lowest BCUT2D eigenvalue weighted by Crippen LogP contribution is -2.33. The lowest BCUT2D eigenvalue weighted by atomic mass is 10.2.